The van der Waals surface area contributed by atoms with E-state index in [9.17, 15) is 0 Å². The van der Waals surface area contributed by atoms with Crippen molar-refractivity contribution in [1.29, 1.82) is 0 Å². The first-order valence-electron chi connectivity index (χ1n) is 8.83. The Morgan fingerprint density at radius 2 is 1.52 bits per heavy atom. The maximum atomic E-state index is 7.00. The molecule has 2 aromatic carbocycles. The summed E-state index contributed by atoms with van der Waals surface area (Å²) >= 11 is 0. The van der Waals surface area contributed by atoms with Gasteiger partial charge in [-0.1, -0.05) is 70.0 Å². The SMILES string of the molecule is CC.CC1=Nc2ccc(-c3cccc(C)c3)cc2C1.CCC.CO.O.[HH].[HH]. The van der Waals surface area contributed by atoms with Gasteiger partial charge in [0.15, 0.2) is 0 Å². The van der Waals surface area contributed by atoms with Crippen molar-refractivity contribution in [2.45, 2.75) is 54.4 Å². The fraction of sp³-hybridized carbons (Fsp3) is 0.409. The summed E-state index contributed by atoms with van der Waals surface area (Å²) in [6.07, 6.45) is 2.25. The molecular weight excluding hydrogens is 310 g/mol. The van der Waals surface area contributed by atoms with Gasteiger partial charge in [-0.2, -0.15) is 0 Å². The molecule has 0 saturated carbocycles. The molecular formula is C22H39NO2. The minimum atomic E-state index is 0. The van der Waals surface area contributed by atoms with Crippen LogP contribution in [0.25, 0.3) is 11.1 Å². The lowest BCUT2D eigenvalue weighted by Gasteiger charge is -2.05. The van der Waals surface area contributed by atoms with Crippen LogP contribution in [-0.2, 0) is 6.42 Å². The lowest BCUT2D eigenvalue weighted by atomic mass is 10.00. The fourth-order valence-corrected chi connectivity index (χ4v) is 2.36. The van der Waals surface area contributed by atoms with Gasteiger partial charge in [0.05, 0.1) is 5.69 Å². The Balaban J connectivity index is -0.000000237. The lowest BCUT2D eigenvalue weighted by Crippen LogP contribution is -1.89. The van der Waals surface area contributed by atoms with Gasteiger partial charge < -0.3 is 10.6 Å². The van der Waals surface area contributed by atoms with E-state index in [-0.39, 0.29) is 8.33 Å². The van der Waals surface area contributed by atoms with E-state index in [2.05, 4.69) is 75.2 Å². The summed E-state index contributed by atoms with van der Waals surface area (Å²) in [5.41, 5.74) is 7.58. The summed E-state index contributed by atoms with van der Waals surface area (Å²) in [6.45, 7) is 12.5. The summed E-state index contributed by atoms with van der Waals surface area (Å²) in [6, 6.07) is 15.2. The van der Waals surface area contributed by atoms with Crippen LogP contribution >= 0.6 is 0 Å². The van der Waals surface area contributed by atoms with Crippen molar-refractivity contribution < 1.29 is 13.4 Å². The van der Waals surface area contributed by atoms with E-state index >= 15 is 0 Å². The topological polar surface area (TPSA) is 64.1 Å². The van der Waals surface area contributed by atoms with Crippen molar-refractivity contribution in [3.05, 3.63) is 53.6 Å². The molecule has 0 aromatic heterocycles. The summed E-state index contributed by atoms with van der Waals surface area (Å²) in [5, 5.41) is 7.00. The van der Waals surface area contributed by atoms with Crippen LogP contribution in [0.1, 0.15) is 55.0 Å². The van der Waals surface area contributed by atoms with E-state index in [4.69, 9.17) is 5.11 Å². The number of aliphatic imine (C=N–C) groups is 1. The molecule has 0 saturated heterocycles. The zero-order valence-electron chi connectivity index (χ0n) is 16.9. The van der Waals surface area contributed by atoms with Crippen LogP contribution in [0.2, 0.25) is 0 Å². The molecule has 1 heterocycles. The van der Waals surface area contributed by atoms with E-state index in [1.165, 1.54) is 34.4 Å². The molecule has 2 aromatic rings. The molecule has 3 rings (SSSR count). The zero-order valence-corrected chi connectivity index (χ0v) is 16.9. The zero-order chi connectivity index (χ0) is 18.5. The minimum Gasteiger partial charge on any atom is -0.412 e. The lowest BCUT2D eigenvalue weighted by molar-refractivity contribution is 0.399. The second kappa shape index (κ2) is 14.4. The molecule has 0 fully saturated rings. The minimum absolute atomic E-state index is 0. The maximum absolute atomic E-state index is 7.00. The highest BCUT2D eigenvalue weighted by atomic mass is 16.2. The molecule has 0 radical (unpaired) electrons. The predicted octanol–water partition coefficient (Wildman–Crippen LogP) is 6.03. The van der Waals surface area contributed by atoms with Crippen molar-refractivity contribution in [2.75, 3.05) is 7.11 Å². The van der Waals surface area contributed by atoms with Crippen molar-refractivity contribution in [1.82, 2.24) is 0 Å². The number of benzene rings is 2. The molecule has 3 heteroatoms. The molecule has 0 atom stereocenters. The highest BCUT2D eigenvalue weighted by molar-refractivity contribution is 5.92. The molecule has 0 aliphatic carbocycles. The van der Waals surface area contributed by atoms with Gasteiger partial charge in [0.25, 0.3) is 0 Å². The Morgan fingerprint density at radius 3 is 2.08 bits per heavy atom. The highest BCUT2D eigenvalue weighted by Crippen LogP contribution is 2.31. The number of aryl methyl sites for hydroxylation is 1. The van der Waals surface area contributed by atoms with Gasteiger partial charge >= 0.3 is 0 Å². The van der Waals surface area contributed by atoms with Crippen LogP contribution < -0.4 is 0 Å². The molecule has 0 amide bonds. The quantitative estimate of drug-likeness (QED) is 0.671. The summed E-state index contributed by atoms with van der Waals surface area (Å²) in [7, 11) is 1.00. The molecule has 0 unspecified atom stereocenters. The first-order chi connectivity index (χ1) is 11.6. The van der Waals surface area contributed by atoms with Crippen LogP contribution in [0.5, 0.6) is 0 Å². The molecule has 25 heavy (non-hydrogen) atoms. The van der Waals surface area contributed by atoms with Gasteiger partial charge in [-0.05, 0) is 42.7 Å². The number of nitrogens with zero attached hydrogens (tertiary/aromatic N) is 1. The van der Waals surface area contributed by atoms with Gasteiger partial charge in [-0.15, -0.1) is 0 Å². The molecule has 0 spiro atoms. The molecule has 144 valence electrons. The molecule has 3 N–H and O–H groups in total. The van der Waals surface area contributed by atoms with Gasteiger partial charge in [-0.3, -0.25) is 4.99 Å². The first kappa shape index (κ1) is 25.3. The fourth-order valence-electron chi connectivity index (χ4n) is 2.36. The number of hydrogen-bond donors (Lipinski definition) is 1. The monoisotopic (exact) mass is 349 g/mol. The van der Waals surface area contributed by atoms with Crippen LogP contribution in [0.4, 0.5) is 5.69 Å². The average Bonchev–Trinajstić information content (AvgIpc) is 2.98. The predicted molar refractivity (Wildman–Crippen MR) is 116 cm³/mol. The van der Waals surface area contributed by atoms with E-state index in [0.29, 0.717) is 0 Å². The van der Waals surface area contributed by atoms with Gasteiger partial charge in [0.2, 0.25) is 0 Å². The summed E-state index contributed by atoms with van der Waals surface area (Å²) in [5.74, 6) is 0. The largest absolute Gasteiger partial charge is 0.412 e. The van der Waals surface area contributed by atoms with Crippen molar-refractivity contribution in [3.8, 4) is 11.1 Å². The second-order valence-corrected chi connectivity index (χ2v) is 5.44. The number of rotatable bonds is 1. The Bertz CT molecular complexity index is 644. The van der Waals surface area contributed by atoms with Crippen LogP contribution in [-0.4, -0.2) is 23.4 Å². The van der Waals surface area contributed by atoms with E-state index in [1.807, 2.05) is 13.8 Å². The number of fused-ring (bicyclic) bond motifs is 1. The van der Waals surface area contributed by atoms with E-state index < -0.39 is 0 Å². The Kier molecular flexibility index (Phi) is 14.5. The van der Waals surface area contributed by atoms with Crippen molar-refractivity contribution in [3.63, 3.8) is 0 Å². The summed E-state index contributed by atoms with van der Waals surface area (Å²) in [4.78, 5) is 4.52. The Morgan fingerprint density at radius 1 is 0.960 bits per heavy atom. The third-order valence-electron chi connectivity index (χ3n) is 3.19. The normalized spacial score (nSPS) is 10.3. The van der Waals surface area contributed by atoms with Crippen LogP contribution in [0.15, 0.2) is 47.5 Å². The van der Waals surface area contributed by atoms with Crippen molar-refractivity contribution in [2.24, 2.45) is 4.99 Å². The van der Waals surface area contributed by atoms with E-state index in [0.717, 1.165) is 19.2 Å². The number of hydrogen-bond acceptors (Lipinski definition) is 2. The van der Waals surface area contributed by atoms with Gasteiger partial charge in [-0.25, -0.2) is 0 Å². The molecule has 1 aliphatic rings. The van der Waals surface area contributed by atoms with E-state index in [1.54, 1.807) is 0 Å². The third kappa shape index (κ3) is 8.10. The molecule has 0 bridgehead atoms. The smallest absolute Gasteiger partial charge is 0.0665 e. The number of aliphatic hydroxyl groups excluding tert-OH is 1. The Hall–Kier alpha value is -1.97. The van der Waals surface area contributed by atoms with Crippen LogP contribution in [0.3, 0.4) is 0 Å². The highest BCUT2D eigenvalue weighted by Gasteiger charge is 2.11. The van der Waals surface area contributed by atoms with Gasteiger partial charge in [0.1, 0.15) is 0 Å². The Labute approximate surface area is 156 Å². The summed E-state index contributed by atoms with van der Waals surface area (Å²) < 4.78 is 0. The average molecular weight is 350 g/mol. The van der Waals surface area contributed by atoms with Crippen molar-refractivity contribution >= 4 is 11.4 Å². The number of aliphatic hydroxyl groups is 1. The van der Waals surface area contributed by atoms with Crippen LogP contribution in [0, 0.1) is 6.92 Å². The molecule has 3 nitrogen and oxygen atoms in total. The maximum Gasteiger partial charge on any atom is 0.0665 e. The third-order valence-corrected chi connectivity index (χ3v) is 3.19. The first-order valence-corrected chi connectivity index (χ1v) is 8.83. The standard InChI is InChI=1S/C16H15N.C3H8.C2H6.CH4O.H2O.2H2/c1-11-4-3-5-13(8-11)14-6-7-16-15(10-14)9-12(2)17-16;1-3-2;2*1-2;;;/h3-8,10H,9H2,1-2H3;3H2,1-2H3;1-2H3;2H,1H3;1H2;2*1H. The molecule has 1 aliphatic heterocycles. The second-order valence-electron chi connectivity index (χ2n) is 5.44. The van der Waals surface area contributed by atoms with Gasteiger partial charge in [0, 0.05) is 22.1 Å².